The maximum absolute atomic E-state index is 12.0. The van der Waals surface area contributed by atoms with Gasteiger partial charge in [-0.25, -0.2) is 4.98 Å². The Morgan fingerprint density at radius 3 is 2.46 bits per heavy atom. The molecule has 0 fully saturated rings. The number of thiazole rings is 1. The van der Waals surface area contributed by atoms with Crippen LogP contribution in [-0.2, 0) is 4.79 Å². The second kappa shape index (κ2) is 10.4. The molecule has 0 saturated heterocycles. The molecule has 2 rings (SSSR count). The third kappa shape index (κ3) is 6.23. The number of rotatable bonds is 8. The highest BCUT2D eigenvalue weighted by atomic mass is 35.5. The van der Waals surface area contributed by atoms with Crippen LogP contribution in [0.25, 0.3) is 11.3 Å². The Morgan fingerprint density at radius 2 is 1.79 bits per heavy atom. The molecule has 1 aromatic carbocycles. The van der Waals surface area contributed by atoms with Crippen molar-refractivity contribution in [3.8, 4) is 11.3 Å². The summed E-state index contributed by atoms with van der Waals surface area (Å²) in [4.78, 5) is 17.7. The topological polar surface area (TPSA) is 68.0 Å². The van der Waals surface area contributed by atoms with Crippen molar-refractivity contribution in [1.29, 1.82) is 0 Å². The van der Waals surface area contributed by atoms with Crippen molar-refractivity contribution in [2.75, 3.05) is 11.9 Å². The lowest BCUT2D eigenvalue weighted by Gasteiger charge is -2.02. The van der Waals surface area contributed by atoms with Gasteiger partial charge < -0.3 is 11.1 Å². The lowest BCUT2D eigenvalue weighted by molar-refractivity contribution is -0.116. The lowest BCUT2D eigenvalue weighted by atomic mass is 10.1. The number of carbonyl (C=O) groups is 1. The van der Waals surface area contributed by atoms with Crippen molar-refractivity contribution in [3.63, 3.8) is 0 Å². The number of aryl methyl sites for hydroxylation is 2. The molecule has 24 heavy (non-hydrogen) atoms. The second-order valence-corrected chi connectivity index (χ2v) is 6.99. The summed E-state index contributed by atoms with van der Waals surface area (Å²) in [6.45, 7) is 4.83. The minimum Gasteiger partial charge on any atom is -0.330 e. The number of nitrogens with two attached hydrogens (primary N) is 1. The number of benzene rings is 1. The van der Waals surface area contributed by atoms with Gasteiger partial charge in [0.2, 0.25) is 5.91 Å². The average molecular weight is 368 g/mol. The van der Waals surface area contributed by atoms with Crippen LogP contribution in [0.4, 0.5) is 5.13 Å². The molecule has 4 nitrogen and oxygen atoms in total. The zero-order chi connectivity index (χ0) is 16.7. The fraction of sp³-hybridized carbons (Fsp3) is 0.444. The maximum atomic E-state index is 12.0. The number of aromatic nitrogens is 1. The smallest absolute Gasteiger partial charge is 0.226 e. The van der Waals surface area contributed by atoms with E-state index in [9.17, 15) is 4.79 Å². The molecule has 0 aliphatic rings. The summed E-state index contributed by atoms with van der Waals surface area (Å²) in [6, 6.07) is 8.29. The van der Waals surface area contributed by atoms with E-state index in [0.717, 1.165) is 48.4 Å². The molecule has 0 spiro atoms. The maximum Gasteiger partial charge on any atom is 0.226 e. The minimum absolute atomic E-state index is 0. The Kier molecular flexibility index (Phi) is 8.97. The van der Waals surface area contributed by atoms with Gasteiger partial charge in [0.25, 0.3) is 0 Å². The van der Waals surface area contributed by atoms with Gasteiger partial charge >= 0.3 is 0 Å². The highest BCUT2D eigenvalue weighted by Crippen LogP contribution is 2.30. The fourth-order valence-electron chi connectivity index (χ4n) is 2.39. The Hall–Kier alpha value is -1.43. The predicted octanol–water partition coefficient (Wildman–Crippen LogP) is 4.70. The number of hydrogen-bond donors (Lipinski definition) is 2. The Balaban J connectivity index is 0.00000288. The number of halogens is 1. The van der Waals surface area contributed by atoms with Gasteiger partial charge in [0.05, 0.1) is 5.69 Å². The Labute approximate surface area is 154 Å². The summed E-state index contributed by atoms with van der Waals surface area (Å²) in [7, 11) is 0. The molecule has 0 aliphatic carbocycles. The van der Waals surface area contributed by atoms with E-state index >= 15 is 0 Å². The highest BCUT2D eigenvalue weighted by molar-refractivity contribution is 7.16. The summed E-state index contributed by atoms with van der Waals surface area (Å²) < 4.78 is 0. The van der Waals surface area contributed by atoms with Crippen LogP contribution < -0.4 is 11.1 Å². The normalized spacial score (nSPS) is 10.3. The summed E-state index contributed by atoms with van der Waals surface area (Å²) in [6.07, 6.45) is 4.63. The summed E-state index contributed by atoms with van der Waals surface area (Å²) in [5, 5.41) is 3.60. The Morgan fingerprint density at radius 1 is 1.12 bits per heavy atom. The lowest BCUT2D eigenvalue weighted by Crippen LogP contribution is -2.10. The standard InChI is InChI=1S/C18H25N3OS.ClH/c1-13-8-10-15(11-9-13)17-14(2)23-18(21-17)20-16(22)7-5-3-4-6-12-19;/h8-11H,3-7,12,19H2,1-2H3,(H,20,21,22);1H. The van der Waals surface area contributed by atoms with Crippen molar-refractivity contribution in [3.05, 3.63) is 34.7 Å². The van der Waals surface area contributed by atoms with Gasteiger partial charge in [-0.15, -0.1) is 23.7 Å². The summed E-state index contributed by atoms with van der Waals surface area (Å²) in [5.41, 5.74) is 8.73. The van der Waals surface area contributed by atoms with Gasteiger partial charge in [-0.2, -0.15) is 0 Å². The van der Waals surface area contributed by atoms with E-state index < -0.39 is 0 Å². The first-order valence-corrected chi connectivity index (χ1v) is 8.96. The van der Waals surface area contributed by atoms with Crippen LogP contribution >= 0.6 is 23.7 Å². The monoisotopic (exact) mass is 367 g/mol. The molecule has 132 valence electrons. The third-order valence-electron chi connectivity index (χ3n) is 3.73. The predicted molar refractivity (Wildman–Crippen MR) is 105 cm³/mol. The first-order chi connectivity index (χ1) is 11.1. The zero-order valence-electron chi connectivity index (χ0n) is 14.3. The Bertz CT molecular complexity index is 640. The van der Waals surface area contributed by atoms with E-state index in [-0.39, 0.29) is 18.3 Å². The van der Waals surface area contributed by atoms with Crippen molar-refractivity contribution >= 4 is 34.8 Å². The fourth-order valence-corrected chi connectivity index (χ4v) is 3.25. The molecule has 1 aromatic heterocycles. The number of nitrogens with zero attached hydrogens (tertiary/aromatic N) is 1. The van der Waals surface area contributed by atoms with Crippen LogP contribution in [0.1, 0.15) is 42.5 Å². The number of nitrogens with one attached hydrogen (secondary N) is 1. The van der Waals surface area contributed by atoms with Crippen LogP contribution in [0.5, 0.6) is 0 Å². The molecule has 1 heterocycles. The van der Waals surface area contributed by atoms with Crippen molar-refractivity contribution in [2.24, 2.45) is 5.73 Å². The number of carbonyl (C=O) groups excluding carboxylic acids is 1. The molecule has 0 atom stereocenters. The number of amides is 1. The molecule has 0 bridgehead atoms. The van der Waals surface area contributed by atoms with Gasteiger partial charge in [-0.1, -0.05) is 42.7 Å². The number of unbranched alkanes of at least 4 members (excludes halogenated alkanes) is 3. The molecular weight excluding hydrogens is 342 g/mol. The first kappa shape index (κ1) is 20.6. The van der Waals surface area contributed by atoms with E-state index in [2.05, 4.69) is 41.5 Å². The first-order valence-electron chi connectivity index (χ1n) is 8.14. The molecule has 3 N–H and O–H groups in total. The van der Waals surface area contributed by atoms with E-state index in [0.29, 0.717) is 11.6 Å². The highest BCUT2D eigenvalue weighted by Gasteiger charge is 2.11. The SMILES string of the molecule is Cc1ccc(-c2nc(NC(=O)CCCCCCN)sc2C)cc1.Cl. The van der Waals surface area contributed by atoms with Crippen LogP contribution in [0.3, 0.4) is 0 Å². The largest absolute Gasteiger partial charge is 0.330 e. The van der Waals surface area contributed by atoms with Gasteiger partial charge in [0, 0.05) is 16.9 Å². The molecule has 0 radical (unpaired) electrons. The van der Waals surface area contributed by atoms with E-state index in [4.69, 9.17) is 5.73 Å². The summed E-state index contributed by atoms with van der Waals surface area (Å²) in [5.74, 6) is 0.0435. The zero-order valence-corrected chi connectivity index (χ0v) is 15.9. The molecule has 0 unspecified atom stereocenters. The van der Waals surface area contributed by atoms with Gasteiger partial charge in [-0.05, 0) is 33.2 Å². The molecule has 0 aliphatic heterocycles. The van der Waals surface area contributed by atoms with E-state index in [1.807, 2.05) is 6.92 Å². The summed E-state index contributed by atoms with van der Waals surface area (Å²) >= 11 is 1.53. The quantitative estimate of drug-likeness (QED) is 0.664. The van der Waals surface area contributed by atoms with Crippen molar-refractivity contribution < 1.29 is 4.79 Å². The molecule has 0 saturated carbocycles. The average Bonchev–Trinajstić information content (AvgIpc) is 2.88. The van der Waals surface area contributed by atoms with Crippen LogP contribution in [0, 0.1) is 13.8 Å². The van der Waals surface area contributed by atoms with E-state index in [1.165, 1.54) is 16.9 Å². The van der Waals surface area contributed by atoms with Crippen LogP contribution in [0.15, 0.2) is 24.3 Å². The van der Waals surface area contributed by atoms with Crippen molar-refractivity contribution in [2.45, 2.75) is 46.0 Å². The minimum atomic E-state index is 0. The third-order valence-corrected chi connectivity index (χ3v) is 4.61. The van der Waals surface area contributed by atoms with Gasteiger partial charge in [0.1, 0.15) is 0 Å². The van der Waals surface area contributed by atoms with Crippen LogP contribution in [-0.4, -0.2) is 17.4 Å². The number of hydrogen-bond acceptors (Lipinski definition) is 4. The van der Waals surface area contributed by atoms with Gasteiger partial charge in [-0.3, -0.25) is 4.79 Å². The second-order valence-electron chi connectivity index (χ2n) is 5.79. The van der Waals surface area contributed by atoms with Crippen LogP contribution in [0.2, 0.25) is 0 Å². The van der Waals surface area contributed by atoms with Gasteiger partial charge in [0.15, 0.2) is 5.13 Å². The van der Waals surface area contributed by atoms with E-state index in [1.54, 1.807) is 0 Å². The molecule has 1 amide bonds. The molecule has 6 heteroatoms. The molecule has 2 aromatic rings. The number of anilines is 1. The van der Waals surface area contributed by atoms with Crippen molar-refractivity contribution in [1.82, 2.24) is 4.98 Å². The molecular formula is C18H26ClN3OS.